The fourth-order valence-electron chi connectivity index (χ4n) is 7.03. The minimum absolute atomic E-state index is 0.645. The van der Waals surface area contributed by atoms with E-state index in [1.54, 1.807) is 0 Å². The van der Waals surface area contributed by atoms with E-state index in [4.69, 9.17) is 24.9 Å². The lowest BCUT2D eigenvalue weighted by molar-refractivity contribution is 1.07. The molecule has 0 fully saturated rings. The van der Waals surface area contributed by atoms with Gasteiger partial charge in [0, 0.05) is 38.6 Å². The molecule has 3 heterocycles. The molecule has 5 nitrogen and oxygen atoms in total. The van der Waals surface area contributed by atoms with Gasteiger partial charge >= 0.3 is 0 Å². The fourth-order valence-corrected chi connectivity index (χ4v) is 7.03. The maximum atomic E-state index is 5.15. The van der Waals surface area contributed by atoms with Crippen molar-refractivity contribution < 1.29 is 0 Å². The van der Waals surface area contributed by atoms with Crippen molar-refractivity contribution in [3.8, 4) is 67.8 Å². The van der Waals surface area contributed by atoms with Gasteiger partial charge in [-0.1, -0.05) is 164 Å². The molecular weight excluding hydrogens is 659 g/mol. The summed E-state index contributed by atoms with van der Waals surface area (Å²) in [5, 5.41) is 4.41. The molecule has 10 rings (SSSR count). The van der Waals surface area contributed by atoms with Crippen molar-refractivity contribution in [3.63, 3.8) is 0 Å². The van der Waals surface area contributed by atoms with Gasteiger partial charge in [-0.2, -0.15) is 0 Å². The number of fused-ring (bicyclic) bond motifs is 4. The van der Waals surface area contributed by atoms with E-state index in [2.05, 4.69) is 109 Å². The summed E-state index contributed by atoms with van der Waals surface area (Å²) in [6.07, 6.45) is 0. The van der Waals surface area contributed by atoms with Crippen molar-refractivity contribution in [2.24, 2.45) is 0 Å². The summed E-state index contributed by atoms with van der Waals surface area (Å²) in [4.78, 5) is 24.9. The molecule has 0 saturated heterocycles. The molecule has 0 amide bonds. The van der Waals surface area contributed by atoms with Crippen LogP contribution in [0.25, 0.3) is 100 Å². The molecule has 0 aliphatic rings. The monoisotopic (exact) mass is 689 g/mol. The van der Waals surface area contributed by atoms with E-state index in [1.165, 1.54) is 0 Å². The predicted molar refractivity (Wildman–Crippen MR) is 221 cm³/mol. The van der Waals surface area contributed by atoms with E-state index in [1.807, 2.05) is 78.9 Å². The number of nitrogens with zero attached hydrogens (tertiary/aromatic N) is 5. The normalized spacial score (nSPS) is 11.3. The number of rotatable bonds is 6. The second-order valence-electron chi connectivity index (χ2n) is 13.4. The van der Waals surface area contributed by atoms with Gasteiger partial charge in [0.15, 0.2) is 17.5 Å². The number of aromatic nitrogens is 5. The Kier molecular flexibility index (Phi) is 7.73. The largest absolute Gasteiger partial charge is 0.245 e. The number of hydrogen-bond acceptors (Lipinski definition) is 5. The lowest BCUT2D eigenvalue weighted by atomic mass is 9.98. The Balaban J connectivity index is 0.961. The Morgan fingerprint density at radius 1 is 0.222 bits per heavy atom. The van der Waals surface area contributed by atoms with Gasteiger partial charge in [-0.25, -0.2) is 24.9 Å². The topological polar surface area (TPSA) is 64.5 Å². The molecule has 54 heavy (non-hydrogen) atoms. The molecule has 7 aromatic carbocycles. The van der Waals surface area contributed by atoms with Crippen LogP contribution in [0.4, 0.5) is 0 Å². The first kappa shape index (κ1) is 31.4. The third-order valence-corrected chi connectivity index (χ3v) is 9.90. The second kappa shape index (κ2) is 13.3. The molecule has 0 unspecified atom stereocenters. The van der Waals surface area contributed by atoms with Crippen molar-refractivity contribution in [2.45, 2.75) is 0 Å². The van der Waals surface area contributed by atoms with Gasteiger partial charge in [-0.05, 0) is 46.2 Å². The van der Waals surface area contributed by atoms with Crippen molar-refractivity contribution in [2.75, 3.05) is 0 Å². The van der Waals surface area contributed by atoms with E-state index in [-0.39, 0.29) is 0 Å². The minimum Gasteiger partial charge on any atom is -0.245 e. The lowest BCUT2D eigenvalue weighted by Crippen LogP contribution is -2.00. The number of benzene rings is 7. The first-order chi connectivity index (χ1) is 26.7. The minimum atomic E-state index is 0.645. The second-order valence-corrected chi connectivity index (χ2v) is 13.4. The average molecular weight is 690 g/mol. The van der Waals surface area contributed by atoms with Crippen LogP contribution in [0.1, 0.15) is 0 Å². The van der Waals surface area contributed by atoms with Crippen LogP contribution in [0, 0.1) is 0 Å². The summed E-state index contributed by atoms with van der Waals surface area (Å²) in [7, 11) is 0. The van der Waals surface area contributed by atoms with E-state index < -0.39 is 0 Å². The molecule has 0 N–H and O–H groups in total. The van der Waals surface area contributed by atoms with Gasteiger partial charge in [0.05, 0.1) is 22.4 Å². The van der Waals surface area contributed by atoms with Gasteiger partial charge in [-0.15, -0.1) is 0 Å². The molecule has 252 valence electrons. The Morgan fingerprint density at radius 2 is 0.574 bits per heavy atom. The van der Waals surface area contributed by atoms with Crippen LogP contribution >= 0.6 is 0 Å². The summed E-state index contributed by atoms with van der Waals surface area (Å²) in [5.74, 6) is 1.95. The van der Waals surface area contributed by atoms with Crippen molar-refractivity contribution in [1.82, 2.24) is 24.9 Å². The predicted octanol–water partition coefficient (Wildman–Crippen LogP) is 12.1. The molecule has 0 spiro atoms. The van der Waals surface area contributed by atoms with Crippen molar-refractivity contribution in [1.29, 1.82) is 0 Å². The third kappa shape index (κ3) is 5.94. The molecule has 0 radical (unpaired) electrons. The number of hydrogen-bond donors (Lipinski definition) is 0. The van der Waals surface area contributed by atoms with Gasteiger partial charge in [0.1, 0.15) is 0 Å². The van der Waals surface area contributed by atoms with Gasteiger partial charge in [0.25, 0.3) is 0 Å². The zero-order valence-electron chi connectivity index (χ0n) is 29.1. The lowest BCUT2D eigenvalue weighted by Gasteiger charge is -2.10. The maximum Gasteiger partial charge on any atom is 0.164 e. The van der Waals surface area contributed by atoms with E-state index in [0.717, 1.165) is 82.9 Å². The van der Waals surface area contributed by atoms with Crippen LogP contribution in [-0.2, 0) is 0 Å². The summed E-state index contributed by atoms with van der Waals surface area (Å²) >= 11 is 0. The first-order valence-electron chi connectivity index (χ1n) is 18.0. The van der Waals surface area contributed by atoms with E-state index in [0.29, 0.717) is 17.5 Å². The SMILES string of the molecule is c1ccc(-c2ccc3ccc4ccc(-c5ccc(-c6ccc7cc(-c8nc(-c9ccccc9)nc(-c9ccccc9)n8)ccc7c6)cc5)nc4c3n2)cc1. The molecule has 5 heteroatoms. The number of pyridine rings is 2. The van der Waals surface area contributed by atoms with Crippen molar-refractivity contribution >= 4 is 32.6 Å². The zero-order chi connectivity index (χ0) is 35.8. The Hall–Kier alpha value is -7.37. The highest BCUT2D eigenvalue weighted by Gasteiger charge is 2.14. The smallest absolute Gasteiger partial charge is 0.164 e. The molecule has 0 bridgehead atoms. The Bertz CT molecular complexity index is 2910. The van der Waals surface area contributed by atoms with Crippen LogP contribution in [0.3, 0.4) is 0 Å². The molecular formula is C49H31N5. The van der Waals surface area contributed by atoms with Gasteiger partial charge in [0.2, 0.25) is 0 Å². The zero-order valence-corrected chi connectivity index (χ0v) is 29.1. The highest BCUT2D eigenvalue weighted by atomic mass is 15.0. The summed E-state index contributed by atoms with van der Waals surface area (Å²) < 4.78 is 0. The van der Waals surface area contributed by atoms with Crippen molar-refractivity contribution in [3.05, 3.63) is 188 Å². The van der Waals surface area contributed by atoms with Crippen LogP contribution in [0.15, 0.2) is 188 Å². The Morgan fingerprint density at radius 3 is 1.09 bits per heavy atom. The van der Waals surface area contributed by atoms with E-state index in [9.17, 15) is 0 Å². The average Bonchev–Trinajstić information content (AvgIpc) is 3.26. The molecule has 0 aliphatic carbocycles. The molecule has 0 aliphatic heterocycles. The van der Waals surface area contributed by atoms with Crippen LogP contribution in [0.5, 0.6) is 0 Å². The first-order valence-corrected chi connectivity index (χ1v) is 18.0. The highest BCUT2D eigenvalue weighted by Crippen LogP contribution is 2.32. The fraction of sp³-hybridized carbons (Fsp3) is 0. The van der Waals surface area contributed by atoms with Crippen LogP contribution in [-0.4, -0.2) is 24.9 Å². The molecule has 3 aromatic heterocycles. The quantitative estimate of drug-likeness (QED) is 0.163. The van der Waals surface area contributed by atoms with Gasteiger partial charge in [-0.3, -0.25) is 0 Å². The summed E-state index contributed by atoms with van der Waals surface area (Å²) in [6.45, 7) is 0. The van der Waals surface area contributed by atoms with Gasteiger partial charge < -0.3 is 0 Å². The molecule has 10 aromatic rings. The standard InChI is InChI=1S/C49H31N5/c1-4-10-33(11-5-1)43-28-26-35-20-21-36-27-29-44(51-46(36)45(35)50-43)34-18-16-32(17-19-34)39-22-23-41-31-42(25-24-40(41)30-39)49-53-47(37-12-6-2-7-13-37)52-48(54-49)38-14-8-3-9-15-38/h1-31H. The Labute approximate surface area is 312 Å². The molecule has 0 atom stereocenters. The highest BCUT2D eigenvalue weighted by molar-refractivity contribution is 6.04. The summed E-state index contributed by atoms with van der Waals surface area (Å²) in [5.41, 5.74) is 11.0. The van der Waals surface area contributed by atoms with Crippen LogP contribution < -0.4 is 0 Å². The summed E-state index contributed by atoms with van der Waals surface area (Å²) in [6, 6.07) is 64.8. The van der Waals surface area contributed by atoms with Crippen LogP contribution in [0.2, 0.25) is 0 Å². The third-order valence-electron chi connectivity index (χ3n) is 9.90. The maximum absolute atomic E-state index is 5.15. The molecule has 0 saturated carbocycles. The van der Waals surface area contributed by atoms with E-state index >= 15 is 0 Å².